The molecule has 2 heteroatoms. The predicted octanol–water partition coefficient (Wildman–Crippen LogP) is 4.48. The first kappa shape index (κ1) is 13.8. The minimum atomic E-state index is 0.380. The van der Waals surface area contributed by atoms with Crippen LogP contribution in [0.2, 0.25) is 0 Å². The molecule has 0 saturated heterocycles. The van der Waals surface area contributed by atoms with E-state index >= 15 is 0 Å². The Hall–Kier alpha value is -2.19. The largest absolute Gasteiger partial charge is 0.306 e. The van der Waals surface area contributed by atoms with E-state index in [0.717, 1.165) is 13.0 Å². The Labute approximate surface area is 125 Å². The van der Waals surface area contributed by atoms with Crippen LogP contribution in [-0.2, 0) is 6.54 Å². The Morgan fingerprint density at radius 2 is 1.71 bits per heavy atom. The Kier molecular flexibility index (Phi) is 4.27. The molecule has 3 rings (SSSR count). The lowest BCUT2D eigenvalue weighted by atomic mass is 10.0. The number of nitrogens with one attached hydrogen (secondary N) is 1. The van der Waals surface area contributed by atoms with E-state index in [1.54, 1.807) is 0 Å². The fraction of sp³-hybridized carbons (Fsp3) is 0.211. The van der Waals surface area contributed by atoms with Crippen LogP contribution in [0, 0.1) is 0 Å². The van der Waals surface area contributed by atoms with E-state index in [1.165, 1.54) is 21.9 Å². The maximum Gasteiger partial charge on any atom is 0.0346 e. The molecule has 1 N–H and O–H groups in total. The first-order valence-corrected chi connectivity index (χ1v) is 7.48. The number of fused-ring (bicyclic) bond motifs is 1. The van der Waals surface area contributed by atoms with Crippen molar-refractivity contribution in [1.82, 2.24) is 10.3 Å². The maximum absolute atomic E-state index is 4.35. The molecule has 1 aromatic heterocycles. The van der Waals surface area contributed by atoms with Crippen LogP contribution in [0.15, 0.2) is 67.0 Å². The summed E-state index contributed by atoms with van der Waals surface area (Å²) in [5, 5.41) is 6.13. The van der Waals surface area contributed by atoms with Crippen LogP contribution in [0.5, 0.6) is 0 Å². The number of aromatic nitrogens is 1. The lowest BCUT2D eigenvalue weighted by molar-refractivity contribution is 0.520. The fourth-order valence-electron chi connectivity index (χ4n) is 2.74. The summed E-state index contributed by atoms with van der Waals surface area (Å²) in [6.45, 7) is 3.05. The standard InChI is InChI=1S/C19H20N2/c1-2-19(15-8-4-3-5-9-15)21-14-17-13-20-12-16-10-6-7-11-18(16)17/h3-13,19,21H,2,14H2,1H3. The van der Waals surface area contributed by atoms with Gasteiger partial charge in [0, 0.05) is 30.4 Å². The highest BCUT2D eigenvalue weighted by molar-refractivity contribution is 5.84. The van der Waals surface area contributed by atoms with Gasteiger partial charge in [-0.1, -0.05) is 61.5 Å². The molecule has 1 heterocycles. The smallest absolute Gasteiger partial charge is 0.0346 e. The van der Waals surface area contributed by atoms with E-state index in [1.807, 2.05) is 12.4 Å². The first-order chi connectivity index (χ1) is 10.4. The van der Waals surface area contributed by atoms with Crippen LogP contribution in [0.1, 0.15) is 30.5 Å². The first-order valence-electron chi connectivity index (χ1n) is 7.48. The van der Waals surface area contributed by atoms with Gasteiger partial charge in [0.05, 0.1) is 0 Å². The van der Waals surface area contributed by atoms with E-state index in [-0.39, 0.29) is 0 Å². The van der Waals surface area contributed by atoms with E-state index in [0.29, 0.717) is 6.04 Å². The topological polar surface area (TPSA) is 24.9 Å². The van der Waals surface area contributed by atoms with Gasteiger partial charge in [0.15, 0.2) is 0 Å². The second-order valence-corrected chi connectivity index (χ2v) is 5.27. The zero-order chi connectivity index (χ0) is 14.5. The van der Waals surface area contributed by atoms with E-state index in [9.17, 15) is 0 Å². The Morgan fingerprint density at radius 1 is 0.952 bits per heavy atom. The monoisotopic (exact) mass is 276 g/mol. The average molecular weight is 276 g/mol. The van der Waals surface area contributed by atoms with Gasteiger partial charge in [-0.2, -0.15) is 0 Å². The number of hydrogen-bond acceptors (Lipinski definition) is 2. The Morgan fingerprint density at radius 3 is 2.52 bits per heavy atom. The zero-order valence-electron chi connectivity index (χ0n) is 12.3. The van der Waals surface area contributed by atoms with Crippen molar-refractivity contribution in [3.05, 3.63) is 78.1 Å². The quantitative estimate of drug-likeness (QED) is 0.743. The minimum absolute atomic E-state index is 0.380. The molecule has 106 valence electrons. The Bertz CT molecular complexity index is 702. The van der Waals surface area contributed by atoms with Gasteiger partial charge in [-0.05, 0) is 22.9 Å². The summed E-state index contributed by atoms with van der Waals surface area (Å²) in [5.74, 6) is 0. The van der Waals surface area contributed by atoms with Crippen molar-refractivity contribution in [3.8, 4) is 0 Å². The van der Waals surface area contributed by atoms with Crippen molar-refractivity contribution in [2.45, 2.75) is 25.9 Å². The number of rotatable bonds is 5. The summed E-state index contributed by atoms with van der Waals surface area (Å²) in [4.78, 5) is 4.35. The molecule has 0 spiro atoms. The van der Waals surface area contributed by atoms with Gasteiger partial charge >= 0.3 is 0 Å². The molecule has 0 aliphatic rings. The fourth-order valence-corrected chi connectivity index (χ4v) is 2.74. The molecule has 2 nitrogen and oxygen atoms in total. The van der Waals surface area contributed by atoms with Gasteiger partial charge in [-0.25, -0.2) is 0 Å². The molecule has 0 fully saturated rings. The van der Waals surface area contributed by atoms with Crippen LogP contribution in [-0.4, -0.2) is 4.98 Å². The van der Waals surface area contributed by atoms with Crippen molar-refractivity contribution >= 4 is 10.8 Å². The van der Waals surface area contributed by atoms with E-state index in [4.69, 9.17) is 0 Å². The van der Waals surface area contributed by atoms with Crippen molar-refractivity contribution in [1.29, 1.82) is 0 Å². The molecule has 0 amide bonds. The predicted molar refractivity (Wildman–Crippen MR) is 88.1 cm³/mol. The molecule has 2 aromatic carbocycles. The molecule has 0 bridgehead atoms. The third-order valence-corrected chi connectivity index (χ3v) is 3.90. The van der Waals surface area contributed by atoms with Gasteiger partial charge in [0.25, 0.3) is 0 Å². The van der Waals surface area contributed by atoms with Gasteiger partial charge in [-0.3, -0.25) is 4.98 Å². The summed E-state index contributed by atoms with van der Waals surface area (Å²) in [5.41, 5.74) is 2.59. The number of hydrogen-bond donors (Lipinski definition) is 1. The lowest BCUT2D eigenvalue weighted by Crippen LogP contribution is -2.20. The molecule has 1 atom stereocenters. The SMILES string of the molecule is CCC(NCc1cncc2ccccc12)c1ccccc1. The lowest BCUT2D eigenvalue weighted by Gasteiger charge is -2.18. The summed E-state index contributed by atoms with van der Waals surface area (Å²) in [7, 11) is 0. The highest BCUT2D eigenvalue weighted by Gasteiger charge is 2.09. The normalized spacial score (nSPS) is 12.4. The van der Waals surface area contributed by atoms with Crippen LogP contribution in [0.3, 0.4) is 0 Å². The molecule has 3 aromatic rings. The highest BCUT2D eigenvalue weighted by Crippen LogP contribution is 2.20. The minimum Gasteiger partial charge on any atom is -0.306 e. The number of nitrogens with zero attached hydrogens (tertiary/aromatic N) is 1. The molecular formula is C19H20N2. The van der Waals surface area contributed by atoms with Crippen molar-refractivity contribution in [2.75, 3.05) is 0 Å². The van der Waals surface area contributed by atoms with Crippen LogP contribution >= 0.6 is 0 Å². The summed E-state index contributed by atoms with van der Waals surface area (Å²) < 4.78 is 0. The van der Waals surface area contributed by atoms with Gasteiger partial charge in [-0.15, -0.1) is 0 Å². The second kappa shape index (κ2) is 6.51. The Balaban J connectivity index is 1.79. The number of benzene rings is 2. The molecule has 21 heavy (non-hydrogen) atoms. The van der Waals surface area contributed by atoms with Crippen LogP contribution in [0.4, 0.5) is 0 Å². The molecular weight excluding hydrogens is 256 g/mol. The number of pyridine rings is 1. The molecule has 0 radical (unpaired) electrons. The molecule has 0 aliphatic heterocycles. The van der Waals surface area contributed by atoms with Gasteiger partial charge < -0.3 is 5.32 Å². The van der Waals surface area contributed by atoms with Gasteiger partial charge in [0.1, 0.15) is 0 Å². The molecule has 1 unspecified atom stereocenters. The van der Waals surface area contributed by atoms with Crippen LogP contribution < -0.4 is 5.32 Å². The van der Waals surface area contributed by atoms with Crippen molar-refractivity contribution in [3.63, 3.8) is 0 Å². The highest BCUT2D eigenvalue weighted by atomic mass is 14.9. The zero-order valence-corrected chi connectivity index (χ0v) is 12.3. The molecule has 0 saturated carbocycles. The van der Waals surface area contributed by atoms with E-state index < -0.39 is 0 Å². The average Bonchev–Trinajstić information content (AvgIpc) is 2.56. The maximum atomic E-state index is 4.35. The third-order valence-electron chi connectivity index (χ3n) is 3.90. The van der Waals surface area contributed by atoms with Crippen molar-refractivity contribution < 1.29 is 0 Å². The van der Waals surface area contributed by atoms with Gasteiger partial charge in [0.2, 0.25) is 0 Å². The molecule has 0 aliphatic carbocycles. The van der Waals surface area contributed by atoms with E-state index in [2.05, 4.69) is 71.8 Å². The second-order valence-electron chi connectivity index (χ2n) is 5.27. The van der Waals surface area contributed by atoms with Crippen LogP contribution in [0.25, 0.3) is 10.8 Å². The summed E-state index contributed by atoms with van der Waals surface area (Å²) >= 11 is 0. The third kappa shape index (κ3) is 3.11. The summed E-state index contributed by atoms with van der Waals surface area (Å²) in [6, 6.07) is 19.4. The van der Waals surface area contributed by atoms with Crippen molar-refractivity contribution in [2.24, 2.45) is 0 Å². The summed E-state index contributed by atoms with van der Waals surface area (Å²) in [6.07, 6.45) is 4.96.